The van der Waals surface area contributed by atoms with E-state index in [0.29, 0.717) is 11.8 Å². The van der Waals surface area contributed by atoms with Gasteiger partial charge < -0.3 is 0 Å². The summed E-state index contributed by atoms with van der Waals surface area (Å²) in [5, 5.41) is 9.13. The molecule has 0 N–H and O–H groups in total. The fourth-order valence-electron chi connectivity index (χ4n) is 4.00. The zero-order valence-electron chi connectivity index (χ0n) is 14.0. The summed E-state index contributed by atoms with van der Waals surface area (Å²) in [6, 6.07) is 9.06. The van der Waals surface area contributed by atoms with Crippen molar-refractivity contribution in [1.82, 2.24) is 0 Å². The molecule has 0 radical (unpaired) electrons. The van der Waals surface area contributed by atoms with Crippen LogP contribution in [0.15, 0.2) is 34.5 Å². The summed E-state index contributed by atoms with van der Waals surface area (Å²) in [5.74, 6) is 1.19. The van der Waals surface area contributed by atoms with Crippen molar-refractivity contribution in [2.24, 2.45) is 22.0 Å². The lowest BCUT2D eigenvalue weighted by Gasteiger charge is -2.32. The van der Waals surface area contributed by atoms with Crippen LogP contribution in [-0.2, 0) is 6.42 Å². The highest BCUT2D eigenvalue weighted by Gasteiger charge is 2.32. The summed E-state index contributed by atoms with van der Waals surface area (Å²) >= 11 is 0. The maximum Gasteiger partial charge on any atom is 0.0740 e. The van der Waals surface area contributed by atoms with Gasteiger partial charge in [0.1, 0.15) is 0 Å². The normalized spacial score (nSPS) is 25.5. The first-order chi connectivity index (χ1) is 10.8. The molecule has 2 unspecified atom stereocenters. The van der Waals surface area contributed by atoms with Gasteiger partial charge in [-0.2, -0.15) is 10.2 Å². The zero-order chi connectivity index (χ0) is 15.4. The molecule has 1 saturated carbocycles. The molecule has 1 heterocycles. The molecule has 2 nitrogen and oxygen atoms in total. The van der Waals surface area contributed by atoms with E-state index < -0.39 is 0 Å². The topological polar surface area (TPSA) is 24.7 Å². The Bertz CT molecular complexity index is 554. The van der Waals surface area contributed by atoms with Gasteiger partial charge in [0.05, 0.1) is 5.71 Å². The number of aryl methyl sites for hydroxylation is 1. The molecule has 0 aromatic heterocycles. The van der Waals surface area contributed by atoms with Gasteiger partial charge in [0.25, 0.3) is 0 Å². The first-order valence-corrected chi connectivity index (χ1v) is 9.01. The molecule has 2 aliphatic rings. The Labute approximate surface area is 134 Å². The van der Waals surface area contributed by atoms with Crippen molar-refractivity contribution in [1.29, 1.82) is 0 Å². The number of hydrogen-bond acceptors (Lipinski definition) is 2. The van der Waals surface area contributed by atoms with Gasteiger partial charge in [-0.05, 0) is 37.3 Å². The van der Waals surface area contributed by atoms with Crippen molar-refractivity contribution in [2.45, 2.75) is 65.2 Å². The van der Waals surface area contributed by atoms with Gasteiger partial charge in [-0.15, -0.1) is 0 Å². The van der Waals surface area contributed by atoms with E-state index in [2.05, 4.69) is 48.3 Å². The first kappa shape index (κ1) is 15.5. The molecule has 2 atom stereocenters. The minimum absolute atomic E-state index is 0.579. The Kier molecular flexibility index (Phi) is 5.07. The molecular formula is C20H28N2. The van der Waals surface area contributed by atoms with Crippen LogP contribution in [0.25, 0.3) is 0 Å². The van der Waals surface area contributed by atoms with Crippen LogP contribution in [0.3, 0.4) is 0 Å². The lowest BCUT2D eigenvalue weighted by molar-refractivity contribution is 0.390. The SMILES string of the molecule is CCCc1ccc(C2=NN=C(C)C3CCCCCCC23)cc1. The van der Waals surface area contributed by atoms with Crippen LogP contribution in [0.1, 0.15) is 69.9 Å². The quantitative estimate of drug-likeness (QED) is 0.713. The Morgan fingerprint density at radius 2 is 1.59 bits per heavy atom. The molecule has 1 aromatic carbocycles. The van der Waals surface area contributed by atoms with Gasteiger partial charge in [-0.25, -0.2) is 0 Å². The smallest absolute Gasteiger partial charge is 0.0740 e. The third kappa shape index (κ3) is 3.31. The second-order valence-electron chi connectivity index (χ2n) is 6.88. The lowest BCUT2D eigenvalue weighted by atomic mass is 9.74. The summed E-state index contributed by atoms with van der Waals surface area (Å²) in [6.45, 7) is 4.40. The van der Waals surface area contributed by atoms with E-state index >= 15 is 0 Å². The van der Waals surface area contributed by atoms with Crippen molar-refractivity contribution >= 4 is 11.4 Å². The average Bonchev–Trinajstić information content (AvgIpc) is 2.50. The lowest BCUT2D eigenvalue weighted by Crippen LogP contribution is -2.33. The van der Waals surface area contributed by atoms with Gasteiger partial charge in [-0.3, -0.25) is 0 Å². The highest BCUT2D eigenvalue weighted by atomic mass is 15.2. The van der Waals surface area contributed by atoms with Crippen LogP contribution in [0.4, 0.5) is 0 Å². The summed E-state index contributed by atoms with van der Waals surface area (Å²) in [6.07, 6.45) is 10.4. The third-order valence-corrected chi connectivity index (χ3v) is 5.26. The molecule has 3 rings (SSSR count). The van der Waals surface area contributed by atoms with E-state index in [4.69, 9.17) is 0 Å². The van der Waals surface area contributed by atoms with E-state index in [1.54, 1.807) is 0 Å². The third-order valence-electron chi connectivity index (χ3n) is 5.26. The van der Waals surface area contributed by atoms with Crippen LogP contribution in [0, 0.1) is 11.8 Å². The minimum Gasteiger partial charge on any atom is -0.160 e. The summed E-state index contributed by atoms with van der Waals surface area (Å²) in [7, 11) is 0. The van der Waals surface area contributed by atoms with Crippen LogP contribution >= 0.6 is 0 Å². The largest absolute Gasteiger partial charge is 0.160 e. The zero-order valence-corrected chi connectivity index (χ0v) is 14.0. The summed E-state index contributed by atoms with van der Waals surface area (Å²) in [5.41, 5.74) is 5.20. The highest BCUT2D eigenvalue weighted by Crippen LogP contribution is 2.34. The monoisotopic (exact) mass is 296 g/mol. The van der Waals surface area contributed by atoms with Crippen molar-refractivity contribution in [3.8, 4) is 0 Å². The molecular weight excluding hydrogens is 268 g/mol. The molecule has 22 heavy (non-hydrogen) atoms. The maximum atomic E-state index is 4.62. The number of nitrogens with zero attached hydrogens (tertiary/aromatic N) is 2. The van der Waals surface area contributed by atoms with Gasteiger partial charge in [0.2, 0.25) is 0 Å². The van der Waals surface area contributed by atoms with E-state index in [0.717, 1.165) is 6.42 Å². The molecule has 0 amide bonds. The van der Waals surface area contributed by atoms with Gasteiger partial charge >= 0.3 is 0 Å². The van der Waals surface area contributed by atoms with Crippen LogP contribution < -0.4 is 0 Å². The predicted molar refractivity (Wildman–Crippen MR) is 94.8 cm³/mol. The van der Waals surface area contributed by atoms with E-state index in [9.17, 15) is 0 Å². The van der Waals surface area contributed by atoms with Gasteiger partial charge in [0, 0.05) is 17.5 Å². The van der Waals surface area contributed by atoms with Gasteiger partial charge in [-0.1, -0.05) is 63.3 Å². The standard InChI is InChI=1S/C20H28N2/c1-3-8-16-11-13-17(14-12-16)20-19-10-7-5-4-6-9-18(19)15(2)21-22-20/h11-14,18-19H,3-10H2,1-2H3. The van der Waals surface area contributed by atoms with Crippen molar-refractivity contribution in [2.75, 3.05) is 0 Å². The first-order valence-electron chi connectivity index (χ1n) is 9.01. The molecule has 2 heteroatoms. The molecule has 0 spiro atoms. The van der Waals surface area contributed by atoms with Crippen LogP contribution in [-0.4, -0.2) is 11.4 Å². The summed E-state index contributed by atoms with van der Waals surface area (Å²) < 4.78 is 0. The molecule has 0 saturated heterocycles. The van der Waals surface area contributed by atoms with Crippen molar-refractivity contribution < 1.29 is 0 Å². The van der Waals surface area contributed by atoms with Crippen LogP contribution in [0.5, 0.6) is 0 Å². The second-order valence-corrected chi connectivity index (χ2v) is 6.88. The molecule has 0 bridgehead atoms. The van der Waals surface area contributed by atoms with E-state index in [-0.39, 0.29) is 0 Å². The number of benzene rings is 1. The summed E-state index contributed by atoms with van der Waals surface area (Å²) in [4.78, 5) is 0. The Morgan fingerprint density at radius 1 is 0.909 bits per heavy atom. The Hall–Kier alpha value is -1.44. The number of fused-ring (bicyclic) bond motifs is 1. The highest BCUT2D eigenvalue weighted by molar-refractivity contribution is 6.06. The van der Waals surface area contributed by atoms with Crippen LogP contribution in [0.2, 0.25) is 0 Å². The Balaban J connectivity index is 1.87. The second kappa shape index (κ2) is 7.21. The number of hydrogen-bond donors (Lipinski definition) is 0. The van der Waals surface area contributed by atoms with Crippen molar-refractivity contribution in [3.05, 3.63) is 35.4 Å². The predicted octanol–water partition coefficient (Wildman–Crippen LogP) is 5.40. The molecule has 1 aliphatic heterocycles. The maximum absolute atomic E-state index is 4.62. The minimum atomic E-state index is 0.579. The molecule has 1 aromatic rings. The van der Waals surface area contributed by atoms with E-state index in [1.807, 2.05) is 0 Å². The molecule has 1 aliphatic carbocycles. The Morgan fingerprint density at radius 3 is 2.27 bits per heavy atom. The number of rotatable bonds is 3. The van der Waals surface area contributed by atoms with Crippen molar-refractivity contribution in [3.63, 3.8) is 0 Å². The molecule has 118 valence electrons. The average molecular weight is 296 g/mol. The van der Waals surface area contributed by atoms with E-state index in [1.165, 1.54) is 67.5 Å². The molecule has 1 fully saturated rings. The van der Waals surface area contributed by atoms with Gasteiger partial charge in [0.15, 0.2) is 0 Å². The fourth-order valence-corrected chi connectivity index (χ4v) is 4.00. The fraction of sp³-hybridized carbons (Fsp3) is 0.600.